The van der Waals surface area contributed by atoms with Gasteiger partial charge >= 0.3 is 5.76 Å². The van der Waals surface area contributed by atoms with Gasteiger partial charge in [-0.3, -0.25) is 0 Å². The van der Waals surface area contributed by atoms with Crippen LogP contribution in [0.25, 0.3) is 16.9 Å². The van der Waals surface area contributed by atoms with Gasteiger partial charge in [0.2, 0.25) is 0 Å². The first-order valence-electron chi connectivity index (χ1n) is 7.13. The van der Waals surface area contributed by atoms with Crippen molar-refractivity contribution in [1.29, 1.82) is 5.26 Å². The highest BCUT2D eigenvalue weighted by atomic mass is 32.2. The Bertz CT molecular complexity index is 1180. The summed E-state index contributed by atoms with van der Waals surface area (Å²) in [7, 11) is -4.10. The summed E-state index contributed by atoms with van der Waals surface area (Å²) in [5, 5.41) is 8.83. The molecule has 0 fully saturated rings. The molecule has 0 spiro atoms. The molecular weight excluding hydrogens is 366 g/mol. The monoisotopic (exact) mass is 376 g/mol. The Morgan fingerprint density at radius 3 is 2.19 bits per heavy atom. The molecular formula is C17H10F2N2O4S. The van der Waals surface area contributed by atoms with E-state index >= 15 is 0 Å². The summed E-state index contributed by atoms with van der Waals surface area (Å²) in [5.41, 5.74) is 0.618. The van der Waals surface area contributed by atoms with Crippen molar-refractivity contribution in [3.8, 4) is 23.0 Å². The molecule has 0 aliphatic rings. The smallest absolute Gasteiger partial charge is 0.415 e. The summed E-state index contributed by atoms with van der Waals surface area (Å²) in [4.78, 5) is 11.0. The fourth-order valence-electron chi connectivity index (χ4n) is 2.50. The van der Waals surface area contributed by atoms with Gasteiger partial charge in [0.1, 0.15) is 22.8 Å². The number of hydrogen-bond acceptors (Lipinski definition) is 5. The molecule has 1 aromatic heterocycles. The number of rotatable bonds is 3. The number of oxazole rings is 1. The maximum absolute atomic E-state index is 14.2. The SMILES string of the molecule is CS(=O)(=O)c1c(F)cc(-c2coc(=O)n2-c2ccc(C#N)cc2)cc1F. The zero-order valence-corrected chi connectivity index (χ0v) is 14.0. The van der Waals surface area contributed by atoms with E-state index < -0.39 is 32.1 Å². The highest BCUT2D eigenvalue weighted by Crippen LogP contribution is 2.28. The molecule has 1 heterocycles. The second kappa shape index (κ2) is 6.24. The first kappa shape index (κ1) is 17.6. The van der Waals surface area contributed by atoms with E-state index in [-0.39, 0.29) is 11.3 Å². The van der Waals surface area contributed by atoms with E-state index in [0.29, 0.717) is 17.5 Å². The van der Waals surface area contributed by atoms with Crippen molar-refractivity contribution in [3.63, 3.8) is 0 Å². The largest absolute Gasteiger partial charge is 0.424 e. The first-order valence-corrected chi connectivity index (χ1v) is 9.02. The van der Waals surface area contributed by atoms with Crippen molar-refractivity contribution in [2.24, 2.45) is 0 Å². The van der Waals surface area contributed by atoms with Crippen molar-refractivity contribution >= 4 is 9.84 Å². The van der Waals surface area contributed by atoms with Gasteiger partial charge in [-0.2, -0.15) is 5.26 Å². The summed E-state index contributed by atoms with van der Waals surface area (Å²) >= 11 is 0. The highest BCUT2D eigenvalue weighted by molar-refractivity contribution is 7.90. The standard InChI is InChI=1S/C17H10F2N2O4S/c1-26(23,24)16-13(18)6-11(7-14(16)19)15-9-25-17(22)21(15)12-4-2-10(8-20)3-5-12/h2-7,9H,1H3. The van der Waals surface area contributed by atoms with Gasteiger partial charge in [0.05, 0.1) is 23.0 Å². The normalized spacial score (nSPS) is 11.3. The van der Waals surface area contributed by atoms with Crippen LogP contribution in [0.5, 0.6) is 0 Å². The topological polar surface area (TPSA) is 93.1 Å². The molecule has 0 bridgehead atoms. The van der Waals surface area contributed by atoms with Gasteiger partial charge in [0, 0.05) is 11.8 Å². The third-order valence-corrected chi connectivity index (χ3v) is 4.75. The van der Waals surface area contributed by atoms with Gasteiger partial charge < -0.3 is 4.42 Å². The second-order valence-corrected chi connectivity index (χ2v) is 7.37. The van der Waals surface area contributed by atoms with Gasteiger partial charge in [-0.15, -0.1) is 0 Å². The molecule has 0 saturated heterocycles. The van der Waals surface area contributed by atoms with Gasteiger partial charge in [0.15, 0.2) is 9.84 Å². The molecule has 132 valence electrons. The molecule has 0 aliphatic carbocycles. The van der Waals surface area contributed by atoms with Crippen molar-refractivity contribution in [1.82, 2.24) is 4.57 Å². The van der Waals surface area contributed by atoms with Gasteiger partial charge in [-0.1, -0.05) is 0 Å². The van der Waals surface area contributed by atoms with Gasteiger partial charge in [-0.25, -0.2) is 26.6 Å². The minimum atomic E-state index is -4.10. The summed E-state index contributed by atoms with van der Waals surface area (Å²) in [6, 6.07) is 9.41. The van der Waals surface area contributed by atoms with Crippen LogP contribution >= 0.6 is 0 Å². The van der Waals surface area contributed by atoms with Crippen LogP contribution in [0.2, 0.25) is 0 Å². The second-order valence-electron chi connectivity index (χ2n) is 5.42. The van der Waals surface area contributed by atoms with Crippen molar-refractivity contribution in [2.75, 3.05) is 6.26 Å². The van der Waals surface area contributed by atoms with E-state index in [0.717, 1.165) is 23.0 Å². The number of nitrogens with zero attached hydrogens (tertiary/aromatic N) is 2. The lowest BCUT2D eigenvalue weighted by Gasteiger charge is -2.09. The molecule has 26 heavy (non-hydrogen) atoms. The van der Waals surface area contributed by atoms with Crippen molar-refractivity contribution in [2.45, 2.75) is 4.90 Å². The van der Waals surface area contributed by atoms with Crippen LogP contribution in [0.3, 0.4) is 0 Å². The Hall–Kier alpha value is -3.25. The molecule has 0 amide bonds. The fraction of sp³-hybridized carbons (Fsp3) is 0.0588. The van der Waals surface area contributed by atoms with Crippen LogP contribution in [0.4, 0.5) is 8.78 Å². The third-order valence-electron chi connectivity index (χ3n) is 3.61. The summed E-state index contributed by atoms with van der Waals surface area (Å²) in [5.74, 6) is -3.36. The maximum atomic E-state index is 14.2. The molecule has 0 N–H and O–H groups in total. The summed E-state index contributed by atoms with van der Waals surface area (Å²) in [6.45, 7) is 0. The van der Waals surface area contributed by atoms with Gasteiger partial charge in [0.25, 0.3) is 0 Å². The van der Waals surface area contributed by atoms with Crippen LogP contribution in [0.1, 0.15) is 5.56 Å². The minimum Gasteiger partial charge on any atom is -0.415 e. The number of halogens is 2. The Balaban J connectivity index is 2.21. The Kier molecular flexibility index (Phi) is 4.21. The van der Waals surface area contributed by atoms with E-state index in [1.165, 1.54) is 24.3 Å². The fourth-order valence-corrected chi connectivity index (χ4v) is 3.32. The number of benzene rings is 2. The number of hydrogen-bond donors (Lipinski definition) is 0. The molecule has 0 radical (unpaired) electrons. The molecule has 0 unspecified atom stereocenters. The lowest BCUT2D eigenvalue weighted by molar-refractivity contribution is 0.504. The molecule has 0 aliphatic heterocycles. The van der Waals surface area contributed by atoms with Gasteiger partial charge in [-0.05, 0) is 36.4 Å². The number of aromatic nitrogens is 1. The average molecular weight is 376 g/mol. The van der Waals surface area contributed by atoms with Crippen LogP contribution < -0.4 is 5.76 Å². The van der Waals surface area contributed by atoms with Crippen LogP contribution in [0, 0.1) is 23.0 Å². The highest BCUT2D eigenvalue weighted by Gasteiger charge is 2.23. The Morgan fingerprint density at radius 2 is 1.69 bits per heavy atom. The zero-order chi connectivity index (χ0) is 19.1. The van der Waals surface area contributed by atoms with Crippen molar-refractivity contribution in [3.05, 3.63) is 70.4 Å². The first-order chi connectivity index (χ1) is 12.2. The van der Waals surface area contributed by atoms with Crippen LogP contribution in [-0.4, -0.2) is 19.2 Å². The van der Waals surface area contributed by atoms with Crippen LogP contribution in [-0.2, 0) is 9.84 Å². The summed E-state index contributed by atoms with van der Waals surface area (Å²) in [6.07, 6.45) is 1.70. The van der Waals surface area contributed by atoms with E-state index in [1.807, 2.05) is 6.07 Å². The number of nitriles is 1. The Labute approximate surface area is 146 Å². The lowest BCUT2D eigenvalue weighted by Crippen LogP contribution is -2.13. The zero-order valence-electron chi connectivity index (χ0n) is 13.2. The molecule has 0 atom stereocenters. The predicted octanol–water partition coefficient (Wildman–Crippen LogP) is 2.65. The average Bonchev–Trinajstić information content (AvgIpc) is 2.94. The lowest BCUT2D eigenvalue weighted by atomic mass is 10.1. The molecule has 3 aromatic rings. The van der Waals surface area contributed by atoms with E-state index in [1.54, 1.807) is 0 Å². The molecule has 6 nitrogen and oxygen atoms in total. The Morgan fingerprint density at radius 1 is 1.12 bits per heavy atom. The maximum Gasteiger partial charge on any atom is 0.424 e. The minimum absolute atomic E-state index is 0.0255. The molecule has 2 aromatic carbocycles. The molecule has 3 rings (SSSR count). The van der Waals surface area contributed by atoms with E-state index in [2.05, 4.69) is 0 Å². The van der Waals surface area contributed by atoms with E-state index in [9.17, 15) is 22.0 Å². The molecule has 0 saturated carbocycles. The van der Waals surface area contributed by atoms with Crippen LogP contribution in [0.15, 0.2) is 56.8 Å². The summed E-state index contributed by atoms with van der Waals surface area (Å²) < 4.78 is 57.2. The van der Waals surface area contributed by atoms with Crippen molar-refractivity contribution < 1.29 is 21.6 Å². The third kappa shape index (κ3) is 3.02. The molecule has 9 heteroatoms. The quantitative estimate of drug-likeness (QED) is 0.701. The predicted molar refractivity (Wildman–Crippen MR) is 87.5 cm³/mol. The number of sulfone groups is 1. The van der Waals surface area contributed by atoms with E-state index in [4.69, 9.17) is 9.68 Å².